The fraction of sp³-hybridized carbons (Fsp3) is 0.250. The van der Waals surface area contributed by atoms with Crippen LogP contribution in [0, 0.1) is 17.4 Å². The van der Waals surface area contributed by atoms with Crippen LogP contribution in [0.2, 0.25) is 5.02 Å². The van der Waals surface area contributed by atoms with Crippen LogP contribution in [0.15, 0.2) is 54.6 Å². The largest absolute Gasteiger partial charge is 0.490 e. The zero-order valence-electron chi connectivity index (χ0n) is 16.9. The predicted molar refractivity (Wildman–Crippen MR) is 129 cm³/mol. The van der Waals surface area contributed by atoms with Crippen LogP contribution in [0.25, 0.3) is 0 Å². The maximum absolute atomic E-state index is 6.10. The summed E-state index contributed by atoms with van der Waals surface area (Å²) in [6, 6.07) is 18.3. The van der Waals surface area contributed by atoms with Crippen LogP contribution in [0.4, 0.5) is 5.69 Å². The topological polar surface area (TPSA) is 30.5 Å². The summed E-state index contributed by atoms with van der Waals surface area (Å²) in [5, 5.41) is 4.23. The summed E-state index contributed by atoms with van der Waals surface area (Å²) in [4.78, 5) is 0. The average Bonchev–Trinajstić information content (AvgIpc) is 2.67. The molecule has 0 aliphatic rings. The van der Waals surface area contributed by atoms with Crippen molar-refractivity contribution in [1.29, 1.82) is 0 Å². The van der Waals surface area contributed by atoms with E-state index >= 15 is 0 Å². The lowest BCUT2D eigenvalue weighted by molar-refractivity contribution is 0.267. The van der Waals surface area contributed by atoms with Gasteiger partial charge in [-0.25, -0.2) is 0 Å². The van der Waals surface area contributed by atoms with Gasteiger partial charge >= 0.3 is 0 Å². The van der Waals surface area contributed by atoms with Gasteiger partial charge in [0.1, 0.15) is 6.61 Å². The van der Waals surface area contributed by atoms with E-state index < -0.39 is 0 Å². The molecular formula is C24H25ClINO2. The fourth-order valence-electron chi connectivity index (χ4n) is 3.12. The molecule has 0 fully saturated rings. The molecule has 29 heavy (non-hydrogen) atoms. The van der Waals surface area contributed by atoms with Gasteiger partial charge in [-0.15, -0.1) is 0 Å². The molecular weight excluding hydrogens is 497 g/mol. The second-order valence-electron chi connectivity index (χ2n) is 6.93. The van der Waals surface area contributed by atoms with Crippen molar-refractivity contribution in [2.75, 3.05) is 11.9 Å². The Kier molecular flexibility index (Phi) is 7.67. The number of aryl methyl sites for hydroxylation is 2. The van der Waals surface area contributed by atoms with E-state index in [2.05, 4.69) is 72.1 Å². The molecule has 0 saturated carbocycles. The van der Waals surface area contributed by atoms with E-state index in [1.165, 1.54) is 11.1 Å². The minimum atomic E-state index is 0.441. The first-order valence-corrected chi connectivity index (χ1v) is 11.1. The molecule has 0 radical (unpaired) electrons. The van der Waals surface area contributed by atoms with Crippen LogP contribution >= 0.6 is 34.2 Å². The molecule has 0 aliphatic carbocycles. The number of anilines is 1. The van der Waals surface area contributed by atoms with Gasteiger partial charge in [0.05, 0.1) is 10.2 Å². The van der Waals surface area contributed by atoms with Crippen molar-refractivity contribution in [3.8, 4) is 11.5 Å². The van der Waals surface area contributed by atoms with E-state index in [0.29, 0.717) is 24.8 Å². The van der Waals surface area contributed by atoms with Gasteiger partial charge in [-0.3, -0.25) is 0 Å². The number of nitrogens with one attached hydrogen (secondary N) is 1. The Morgan fingerprint density at radius 1 is 0.966 bits per heavy atom. The summed E-state index contributed by atoms with van der Waals surface area (Å²) in [7, 11) is 0. The molecule has 0 heterocycles. The van der Waals surface area contributed by atoms with Crippen LogP contribution in [-0.2, 0) is 13.2 Å². The number of halogens is 2. The van der Waals surface area contributed by atoms with Gasteiger partial charge < -0.3 is 14.8 Å². The van der Waals surface area contributed by atoms with Crippen LogP contribution in [0.5, 0.6) is 11.5 Å². The maximum Gasteiger partial charge on any atom is 0.174 e. The number of benzene rings is 3. The van der Waals surface area contributed by atoms with Crippen LogP contribution in [0.3, 0.4) is 0 Å². The molecule has 0 unspecified atom stereocenters. The third-order valence-corrected chi connectivity index (χ3v) is 5.54. The second-order valence-corrected chi connectivity index (χ2v) is 8.53. The third kappa shape index (κ3) is 6.03. The molecule has 0 spiro atoms. The van der Waals surface area contributed by atoms with Crippen molar-refractivity contribution < 1.29 is 9.47 Å². The van der Waals surface area contributed by atoms with Gasteiger partial charge in [0, 0.05) is 17.3 Å². The number of ether oxygens (including phenoxy) is 2. The van der Waals surface area contributed by atoms with Crippen molar-refractivity contribution in [2.24, 2.45) is 0 Å². The number of hydrogen-bond acceptors (Lipinski definition) is 3. The van der Waals surface area contributed by atoms with Gasteiger partial charge in [0.15, 0.2) is 11.5 Å². The Balaban J connectivity index is 1.76. The molecule has 5 heteroatoms. The molecule has 1 N–H and O–H groups in total. The van der Waals surface area contributed by atoms with E-state index in [4.69, 9.17) is 21.1 Å². The van der Waals surface area contributed by atoms with Gasteiger partial charge in [-0.2, -0.15) is 0 Å². The predicted octanol–water partition coefficient (Wildman–Crippen LogP) is 7.15. The minimum absolute atomic E-state index is 0.441. The van der Waals surface area contributed by atoms with Crippen molar-refractivity contribution >= 4 is 39.9 Å². The first-order valence-electron chi connectivity index (χ1n) is 9.60. The highest BCUT2D eigenvalue weighted by molar-refractivity contribution is 14.1. The van der Waals surface area contributed by atoms with Crippen LogP contribution < -0.4 is 14.8 Å². The Bertz CT molecular complexity index is 991. The zero-order chi connectivity index (χ0) is 20.8. The molecule has 0 aromatic heterocycles. The SMILES string of the molecule is CCOc1cc(CNc2ccc(C)cc2C)cc(I)c1OCc1cccc(Cl)c1. The van der Waals surface area contributed by atoms with Gasteiger partial charge in [0.25, 0.3) is 0 Å². The molecule has 152 valence electrons. The van der Waals surface area contributed by atoms with Gasteiger partial charge in [0.2, 0.25) is 0 Å². The van der Waals surface area contributed by atoms with Gasteiger partial charge in [-0.05, 0) is 90.4 Å². The maximum atomic E-state index is 6.10. The van der Waals surface area contributed by atoms with Crippen molar-refractivity contribution in [3.63, 3.8) is 0 Å². The fourth-order valence-corrected chi connectivity index (χ4v) is 4.15. The highest BCUT2D eigenvalue weighted by atomic mass is 127. The Hall–Kier alpha value is -1.92. The van der Waals surface area contributed by atoms with E-state index in [1.54, 1.807) is 0 Å². The molecule has 0 amide bonds. The summed E-state index contributed by atoms with van der Waals surface area (Å²) >= 11 is 8.38. The second kappa shape index (κ2) is 10.2. The lowest BCUT2D eigenvalue weighted by Crippen LogP contribution is -2.05. The molecule has 3 rings (SSSR count). The van der Waals surface area contributed by atoms with Crippen LogP contribution in [0.1, 0.15) is 29.2 Å². The summed E-state index contributed by atoms with van der Waals surface area (Å²) in [5.74, 6) is 1.53. The molecule has 0 bridgehead atoms. The first kappa shape index (κ1) is 21.8. The first-order chi connectivity index (χ1) is 14.0. The molecule has 3 aromatic carbocycles. The zero-order valence-corrected chi connectivity index (χ0v) is 19.8. The van der Waals surface area contributed by atoms with E-state index in [1.807, 2.05) is 31.2 Å². The molecule has 0 aliphatic heterocycles. The Morgan fingerprint density at radius 3 is 2.52 bits per heavy atom. The Labute approximate surface area is 191 Å². The number of rotatable bonds is 8. The standard InChI is InChI=1S/C24H25ClINO2/c1-4-28-23-13-19(14-27-22-9-8-16(2)10-17(22)3)12-21(26)24(23)29-15-18-6-5-7-20(25)11-18/h5-13,27H,4,14-15H2,1-3H3. The number of hydrogen-bond donors (Lipinski definition) is 1. The molecule has 0 atom stereocenters. The quantitative estimate of drug-likeness (QED) is 0.319. The van der Waals surface area contributed by atoms with Crippen molar-refractivity contribution in [3.05, 3.63) is 85.4 Å². The third-order valence-electron chi connectivity index (χ3n) is 4.51. The normalized spacial score (nSPS) is 10.7. The van der Waals surface area contributed by atoms with E-state index in [-0.39, 0.29) is 0 Å². The highest BCUT2D eigenvalue weighted by Gasteiger charge is 2.13. The van der Waals surface area contributed by atoms with Crippen LogP contribution in [-0.4, -0.2) is 6.61 Å². The molecule has 3 aromatic rings. The highest BCUT2D eigenvalue weighted by Crippen LogP contribution is 2.35. The minimum Gasteiger partial charge on any atom is -0.490 e. The summed E-state index contributed by atoms with van der Waals surface area (Å²) in [6.07, 6.45) is 0. The molecule has 3 nitrogen and oxygen atoms in total. The smallest absolute Gasteiger partial charge is 0.174 e. The monoisotopic (exact) mass is 521 g/mol. The summed E-state index contributed by atoms with van der Waals surface area (Å²) in [6.45, 7) is 7.95. The van der Waals surface area contributed by atoms with Crippen molar-refractivity contribution in [1.82, 2.24) is 0 Å². The average molecular weight is 522 g/mol. The van der Waals surface area contributed by atoms with E-state index in [0.717, 1.165) is 31.9 Å². The van der Waals surface area contributed by atoms with E-state index in [9.17, 15) is 0 Å². The lowest BCUT2D eigenvalue weighted by atomic mass is 10.1. The lowest BCUT2D eigenvalue weighted by Gasteiger charge is -2.17. The van der Waals surface area contributed by atoms with Crippen molar-refractivity contribution in [2.45, 2.75) is 33.9 Å². The van der Waals surface area contributed by atoms with Gasteiger partial charge in [-0.1, -0.05) is 41.4 Å². The Morgan fingerprint density at radius 2 is 1.79 bits per heavy atom. The summed E-state index contributed by atoms with van der Waals surface area (Å²) < 4.78 is 13.0. The molecule has 0 saturated heterocycles. The summed E-state index contributed by atoms with van der Waals surface area (Å²) in [5.41, 5.74) is 5.82.